The molecule has 92 valence electrons. The molecule has 2 amide bonds. The van der Waals surface area contributed by atoms with Gasteiger partial charge >= 0.3 is 0 Å². The lowest BCUT2D eigenvalue weighted by Crippen LogP contribution is -2.39. The van der Waals surface area contributed by atoms with Crippen molar-refractivity contribution < 1.29 is 9.59 Å². The van der Waals surface area contributed by atoms with E-state index in [1.807, 2.05) is 0 Å². The largest absolute Gasteiger partial charge is 0.396 e. The van der Waals surface area contributed by atoms with Crippen LogP contribution in [0, 0.1) is 0 Å². The van der Waals surface area contributed by atoms with Gasteiger partial charge in [0, 0.05) is 12.6 Å². The Morgan fingerprint density at radius 3 is 3.06 bits per heavy atom. The first-order chi connectivity index (χ1) is 8.65. The van der Waals surface area contributed by atoms with Crippen molar-refractivity contribution in [2.24, 2.45) is 0 Å². The van der Waals surface area contributed by atoms with Crippen LogP contribution in [0.15, 0.2) is 18.6 Å². The van der Waals surface area contributed by atoms with E-state index in [0.29, 0.717) is 24.2 Å². The van der Waals surface area contributed by atoms with E-state index in [2.05, 4.69) is 15.5 Å². The summed E-state index contributed by atoms with van der Waals surface area (Å²) in [5, 5.41) is 9.96. The van der Waals surface area contributed by atoms with Crippen molar-refractivity contribution in [3.63, 3.8) is 0 Å². The molecule has 2 aromatic rings. The number of rotatable bonds is 1. The maximum Gasteiger partial charge on any atom is 0.234 e. The van der Waals surface area contributed by atoms with E-state index in [-0.39, 0.29) is 17.7 Å². The summed E-state index contributed by atoms with van der Waals surface area (Å²) in [4.78, 5) is 22.9. The van der Waals surface area contributed by atoms with E-state index >= 15 is 0 Å². The van der Waals surface area contributed by atoms with Crippen LogP contribution >= 0.6 is 0 Å². The first kappa shape index (κ1) is 10.7. The van der Waals surface area contributed by atoms with Crippen LogP contribution in [0.3, 0.4) is 0 Å². The van der Waals surface area contributed by atoms with Crippen LogP contribution in [0.2, 0.25) is 0 Å². The summed E-state index contributed by atoms with van der Waals surface area (Å²) in [6.45, 7) is 0. The van der Waals surface area contributed by atoms with Gasteiger partial charge in [0.15, 0.2) is 5.65 Å². The number of aromatic nitrogens is 3. The average molecular weight is 245 g/mol. The molecule has 3 rings (SSSR count). The molecule has 0 spiro atoms. The summed E-state index contributed by atoms with van der Waals surface area (Å²) in [6, 6.07) is 1.71. The SMILES string of the molecule is Nc1cc(C2CCC(=O)NC2=O)cn2cnnc12. The quantitative estimate of drug-likeness (QED) is 0.679. The van der Waals surface area contributed by atoms with Crippen molar-refractivity contribution >= 4 is 23.1 Å². The summed E-state index contributed by atoms with van der Waals surface area (Å²) in [7, 11) is 0. The number of hydrogen-bond acceptors (Lipinski definition) is 5. The molecule has 0 radical (unpaired) electrons. The number of piperidine rings is 1. The number of carbonyl (C=O) groups excluding carboxylic acids is 2. The number of amides is 2. The summed E-state index contributed by atoms with van der Waals surface area (Å²) in [5.41, 5.74) is 7.66. The van der Waals surface area contributed by atoms with E-state index in [1.165, 1.54) is 6.33 Å². The van der Waals surface area contributed by atoms with Crippen LogP contribution in [-0.2, 0) is 9.59 Å². The number of nitrogen functional groups attached to an aromatic ring is 1. The molecule has 7 nitrogen and oxygen atoms in total. The number of pyridine rings is 1. The zero-order chi connectivity index (χ0) is 12.7. The van der Waals surface area contributed by atoms with Crippen LogP contribution < -0.4 is 11.1 Å². The van der Waals surface area contributed by atoms with Crippen LogP contribution in [-0.4, -0.2) is 26.4 Å². The van der Waals surface area contributed by atoms with Crippen molar-refractivity contribution in [2.75, 3.05) is 5.73 Å². The third-order valence-electron chi connectivity index (χ3n) is 3.08. The number of nitrogens with zero attached hydrogens (tertiary/aromatic N) is 3. The highest BCUT2D eigenvalue weighted by Gasteiger charge is 2.28. The number of anilines is 1. The highest BCUT2D eigenvalue weighted by atomic mass is 16.2. The Kier molecular flexibility index (Phi) is 2.26. The Morgan fingerprint density at radius 1 is 1.44 bits per heavy atom. The van der Waals surface area contributed by atoms with Crippen molar-refractivity contribution in [1.82, 2.24) is 19.9 Å². The second-order valence-electron chi connectivity index (χ2n) is 4.29. The maximum absolute atomic E-state index is 11.8. The maximum atomic E-state index is 11.8. The van der Waals surface area contributed by atoms with E-state index in [9.17, 15) is 9.59 Å². The predicted molar refractivity (Wildman–Crippen MR) is 62.5 cm³/mol. The fourth-order valence-corrected chi connectivity index (χ4v) is 2.19. The van der Waals surface area contributed by atoms with Gasteiger partial charge in [0.05, 0.1) is 11.6 Å². The monoisotopic (exact) mass is 245 g/mol. The second-order valence-corrected chi connectivity index (χ2v) is 4.29. The molecule has 1 atom stereocenters. The number of imide groups is 1. The molecular weight excluding hydrogens is 234 g/mol. The molecule has 1 aliphatic heterocycles. The van der Waals surface area contributed by atoms with E-state index in [1.54, 1.807) is 16.7 Å². The average Bonchev–Trinajstić information content (AvgIpc) is 2.77. The van der Waals surface area contributed by atoms with Crippen LogP contribution in [0.4, 0.5) is 5.69 Å². The van der Waals surface area contributed by atoms with Crippen LogP contribution in [0.25, 0.3) is 5.65 Å². The lowest BCUT2D eigenvalue weighted by molar-refractivity contribution is -0.134. The number of carbonyl (C=O) groups is 2. The standard InChI is InChI=1S/C11H11N5O2/c12-8-3-6(4-16-5-13-15-10(8)16)7-1-2-9(17)14-11(7)18/h3-5,7H,1-2,12H2,(H,14,17,18). The van der Waals surface area contributed by atoms with E-state index in [0.717, 1.165) is 5.56 Å². The van der Waals surface area contributed by atoms with E-state index in [4.69, 9.17) is 5.73 Å². The molecule has 1 fully saturated rings. The third-order valence-corrected chi connectivity index (χ3v) is 3.08. The molecule has 2 aromatic heterocycles. The van der Waals surface area contributed by atoms with Gasteiger partial charge in [0.25, 0.3) is 0 Å². The van der Waals surface area contributed by atoms with Gasteiger partial charge in [-0.15, -0.1) is 10.2 Å². The molecule has 3 heterocycles. The molecule has 0 saturated carbocycles. The Hall–Kier alpha value is -2.44. The second kappa shape index (κ2) is 3.80. The topological polar surface area (TPSA) is 102 Å². The van der Waals surface area contributed by atoms with Gasteiger partial charge < -0.3 is 5.73 Å². The lowest BCUT2D eigenvalue weighted by atomic mass is 9.91. The normalized spacial score (nSPS) is 20.1. The van der Waals surface area contributed by atoms with Gasteiger partial charge in [-0.05, 0) is 18.1 Å². The third kappa shape index (κ3) is 1.60. The van der Waals surface area contributed by atoms with Gasteiger partial charge in [-0.2, -0.15) is 0 Å². The van der Waals surface area contributed by atoms with Crippen molar-refractivity contribution in [1.29, 1.82) is 0 Å². The van der Waals surface area contributed by atoms with Crippen molar-refractivity contribution in [3.05, 3.63) is 24.2 Å². The van der Waals surface area contributed by atoms with E-state index < -0.39 is 0 Å². The molecule has 1 saturated heterocycles. The minimum Gasteiger partial charge on any atom is -0.396 e. The Labute approximate surface area is 102 Å². The molecule has 1 aliphatic rings. The summed E-state index contributed by atoms with van der Waals surface area (Å²) < 4.78 is 1.67. The molecular formula is C11H11N5O2. The zero-order valence-corrected chi connectivity index (χ0v) is 9.46. The Bertz CT molecular complexity index is 648. The lowest BCUT2D eigenvalue weighted by Gasteiger charge is -2.21. The smallest absolute Gasteiger partial charge is 0.234 e. The van der Waals surface area contributed by atoms with Gasteiger partial charge in [-0.3, -0.25) is 19.3 Å². The summed E-state index contributed by atoms with van der Waals surface area (Å²) in [5.74, 6) is -0.857. The fourth-order valence-electron chi connectivity index (χ4n) is 2.19. The highest BCUT2D eigenvalue weighted by molar-refractivity contribution is 6.01. The summed E-state index contributed by atoms with van der Waals surface area (Å²) >= 11 is 0. The fraction of sp³-hybridized carbons (Fsp3) is 0.273. The van der Waals surface area contributed by atoms with Crippen LogP contribution in [0.5, 0.6) is 0 Å². The Balaban J connectivity index is 2.03. The molecule has 0 aromatic carbocycles. The predicted octanol–water partition coefficient (Wildman–Crippen LogP) is -0.168. The first-order valence-corrected chi connectivity index (χ1v) is 5.57. The van der Waals surface area contributed by atoms with Crippen molar-refractivity contribution in [2.45, 2.75) is 18.8 Å². The Morgan fingerprint density at radius 2 is 2.28 bits per heavy atom. The molecule has 1 unspecified atom stereocenters. The number of fused-ring (bicyclic) bond motifs is 1. The van der Waals surface area contributed by atoms with Gasteiger partial charge in [0.1, 0.15) is 6.33 Å². The number of hydrogen-bond donors (Lipinski definition) is 2. The highest BCUT2D eigenvalue weighted by Crippen LogP contribution is 2.27. The molecule has 3 N–H and O–H groups in total. The molecule has 0 aliphatic carbocycles. The molecule has 0 bridgehead atoms. The zero-order valence-electron chi connectivity index (χ0n) is 9.46. The summed E-state index contributed by atoms with van der Waals surface area (Å²) in [6.07, 6.45) is 4.14. The number of nitrogens with two attached hydrogens (primary N) is 1. The minimum absolute atomic E-state index is 0.227. The minimum atomic E-state index is -0.350. The van der Waals surface area contributed by atoms with Gasteiger partial charge in [0.2, 0.25) is 11.8 Å². The number of nitrogens with one attached hydrogen (secondary N) is 1. The molecule has 7 heteroatoms. The van der Waals surface area contributed by atoms with Gasteiger partial charge in [-0.25, -0.2) is 0 Å². The van der Waals surface area contributed by atoms with Gasteiger partial charge in [-0.1, -0.05) is 0 Å². The van der Waals surface area contributed by atoms with Crippen LogP contribution in [0.1, 0.15) is 24.3 Å². The van der Waals surface area contributed by atoms with Crippen molar-refractivity contribution in [3.8, 4) is 0 Å². The first-order valence-electron chi connectivity index (χ1n) is 5.57. The molecule has 18 heavy (non-hydrogen) atoms.